The molecule has 0 rings (SSSR count). The molecule has 0 amide bonds. The monoisotopic (exact) mass is 238 g/mol. The number of ether oxygens (including phenoxy) is 2. The Morgan fingerprint density at radius 2 is 1.07 bits per heavy atom. The molecule has 14 heavy (non-hydrogen) atoms. The molecule has 0 bridgehead atoms. The van der Waals surface area contributed by atoms with E-state index in [0.717, 1.165) is 13.2 Å². The summed E-state index contributed by atoms with van der Waals surface area (Å²) in [6.45, 7) is 10.3. The molecule has 0 atom stereocenters. The van der Waals surface area contributed by atoms with Crippen LogP contribution in [-0.4, -0.2) is 36.9 Å². The molecule has 0 heterocycles. The first kappa shape index (κ1) is 14.6. The molecule has 0 saturated carbocycles. The molecule has 0 N–H and O–H groups in total. The fourth-order valence-electron chi connectivity index (χ4n) is 0.969. The largest absolute Gasteiger partial charge is 0.383 e. The van der Waals surface area contributed by atoms with Crippen molar-refractivity contribution >= 4 is 21.6 Å². The quantitative estimate of drug-likeness (QED) is 0.634. The molecule has 4 heteroatoms. The second-order valence-electron chi connectivity index (χ2n) is 4.55. The van der Waals surface area contributed by atoms with Crippen LogP contribution < -0.4 is 0 Å². The molecular formula is C10H22O2S2. The van der Waals surface area contributed by atoms with Crippen molar-refractivity contribution in [3.8, 4) is 0 Å². The van der Waals surface area contributed by atoms with Gasteiger partial charge in [0.2, 0.25) is 0 Å². The third-order valence-electron chi connectivity index (χ3n) is 1.48. The van der Waals surface area contributed by atoms with E-state index in [1.807, 2.05) is 21.6 Å². The van der Waals surface area contributed by atoms with Crippen molar-refractivity contribution in [1.82, 2.24) is 0 Å². The van der Waals surface area contributed by atoms with Crippen LogP contribution >= 0.6 is 21.6 Å². The highest BCUT2D eigenvalue weighted by Crippen LogP contribution is 2.43. The molecule has 0 aromatic rings. The summed E-state index contributed by atoms with van der Waals surface area (Å²) in [6.07, 6.45) is 0. The van der Waals surface area contributed by atoms with Gasteiger partial charge in [0.05, 0.1) is 13.2 Å². The van der Waals surface area contributed by atoms with Crippen LogP contribution in [0.5, 0.6) is 0 Å². The van der Waals surface area contributed by atoms with Gasteiger partial charge in [-0.15, -0.1) is 0 Å². The lowest BCUT2D eigenvalue weighted by Crippen LogP contribution is -2.25. The summed E-state index contributed by atoms with van der Waals surface area (Å²) in [5.74, 6) is 0. The zero-order chi connectivity index (χ0) is 11.2. The Kier molecular flexibility index (Phi) is 6.53. The summed E-state index contributed by atoms with van der Waals surface area (Å²) < 4.78 is 10.6. The van der Waals surface area contributed by atoms with Crippen molar-refractivity contribution < 1.29 is 9.47 Å². The van der Waals surface area contributed by atoms with E-state index in [1.165, 1.54) is 0 Å². The van der Waals surface area contributed by atoms with E-state index in [0.29, 0.717) is 0 Å². The van der Waals surface area contributed by atoms with Gasteiger partial charge in [0.25, 0.3) is 0 Å². The van der Waals surface area contributed by atoms with Gasteiger partial charge in [-0.1, -0.05) is 21.6 Å². The van der Waals surface area contributed by atoms with Crippen LogP contribution in [0, 0.1) is 0 Å². The minimum atomic E-state index is 0.157. The molecule has 0 unspecified atom stereocenters. The SMILES string of the molecule is COCC(C)(C)SSC(C)(C)COC. The Hall–Kier alpha value is 0.620. The maximum Gasteiger partial charge on any atom is 0.0612 e. The Balaban J connectivity index is 3.90. The first-order valence-corrected chi connectivity index (χ1v) is 6.83. The van der Waals surface area contributed by atoms with Crippen molar-refractivity contribution in [1.29, 1.82) is 0 Å². The van der Waals surface area contributed by atoms with Crippen LogP contribution in [-0.2, 0) is 9.47 Å². The van der Waals surface area contributed by atoms with Gasteiger partial charge in [-0.25, -0.2) is 0 Å². The summed E-state index contributed by atoms with van der Waals surface area (Å²) in [7, 11) is 7.21. The molecule has 0 aliphatic heterocycles. The van der Waals surface area contributed by atoms with Gasteiger partial charge in [-0.2, -0.15) is 0 Å². The van der Waals surface area contributed by atoms with Crippen molar-refractivity contribution in [3.63, 3.8) is 0 Å². The van der Waals surface area contributed by atoms with E-state index in [-0.39, 0.29) is 9.49 Å². The van der Waals surface area contributed by atoms with E-state index < -0.39 is 0 Å². The minimum Gasteiger partial charge on any atom is -0.383 e. The molecule has 0 radical (unpaired) electrons. The molecule has 0 aliphatic rings. The molecule has 0 aromatic heterocycles. The lowest BCUT2D eigenvalue weighted by molar-refractivity contribution is 0.178. The van der Waals surface area contributed by atoms with Crippen LogP contribution in [0.1, 0.15) is 27.7 Å². The first-order chi connectivity index (χ1) is 6.33. The van der Waals surface area contributed by atoms with E-state index in [4.69, 9.17) is 9.47 Å². The molecule has 0 aromatic carbocycles. The summed E-state index contributed by atoms with van der Waals surface area (Å²) in [5, 5.41) is 0. The van der Waals surface area contributed by atoms with Gasteiger partial charge in [-0.3, -0.25) is 0 Å². The van der Waals surface area contributed by atoms with E-state index in [9.17, 15) is 0 Å². The molecule has 86 valence electrons. The molecule has 2 nitrogen and oxygen atoms in total. The van der Waals surface area contributed by atoms with Crippen LogP contribution in [0.3, 0.4) is 0 Å². The third kappa shape index (κ3) is 6.98. The van der Waals surface area contributed by atoms with Crippen molar-refractivity contribution in [2.75, 3.05) is 27.4 Å². The molecule has 0 fully saturated rings. The lowest BCUT2D eigenvalue weighted by Gasteiger charge is -2.28. The van der Waals surface area contributed by atoms with Crippen molar-refractivity contribution in [2.24, 2.45) is 0 Å². The fraction of sp³-hybridized carbons (Fsp3) is 1.00. The number of methoxy groups -OCH3 is 2. The van der Waals surface area contributed by atoms with E-state index in [2.05, 4.69) is 27.7 Å². The van der Waals surface area contributed by atoms with Crippen LogP contribution in [0.2, 0.25) is 0 Å². The number of hydrogen-bond acceptors (Lipinski definition) is 4. The fourth-order valence-corrected chi connectivity index (χ4v) is 3.39. The number of hydrogen-bond donors (Lipinski definition) is 0. The van der Waals surface area contributed by atoms with Gasteiger partial charge < -0.3 is 9.47 Å². The highest BCUT2D eigenvalue weighted by molar-refractivity contribution is 8.77. The van der Waals surface area contributed by atoms with Crippen molar-refractivity contribution in [2.45, 2.75) is 37.2 Å². The predicted molar refractivity (Wildman–Crippen MR) is 67.1 cm³/mol. The highest BCUT2D eigenvalue weighted by Gasteiger charge is 2.25. The zero-order valence-electron chi connectivity index (χ0n) is 10.0. The summed E-state index contributed by atoms with van der Waals surface area (Å²) in [4.78, 5) is 0. The standard InChI is InChI=1S/C10H22O2S2/c1-9(2,7-11-5)13-14-10(3,4)8-12-6/h7-8H2,1-6H3. The smallest absolute Gasteiger partial charge is 0.0612 e. The topological polar surface area (TPSA) is 18.5 Å². The third-order valence-corrected chi connectivity index (χ3v) is 5.66. The Morgan fingerprint density at radius 1 is 0.786 bits per heavy atom. The molecule has 0 saturated heterocycles. The average Bonchev–Trinajstić information content (AvgIpc) is 2.01. The summed E-state index contributed by atoms with van der Waals surface area (Å²) >= 11 is 0. The maximum absolute atomic E-state index is 5.17. The second kappa shape index (κ2) is 6.26. The van der Waals surface area contributed by atoms with Crippen LogP contribution in [0.4, 0.5) is 0 Å². The summed E-state index contributed by atoms with van der Waals surface area (Å²) in [6, 6.07) is 0. The van der Waals surface area contributed by atoms with Gasteiger partial charge in [-0.05, 0) is 27.7 Å². The highest BCUT2D eigenvalue weighted by atomic mass is 33.1. The zero-order valence-corrected chi connectivity index (χ0v) is 11.7. The van der Waals surface area contributed by atoms with Gasteiger partial charge >= 0.3 is 0 Å². The first-order valence-electron chi connectivity index (χ1n) is 4.68. The minimum absolute atomic E-state index is 0.157. The normalized spacial score (nSPS) is 13.3. The maximum atomic E-state index is 5.17. The number of rotatable bonds is 7. The van der Waals surface area contributed by atoms with Crippen LogP contribution in [0.15, 0.2) is 0 Å². The van der Waals surface area contributed by atoms with E-state index in [1.54, 1.807) is 14.2 Å². The summed E-state index contributed by atoms with van der Waals surface area (Å²) in [5.41, 5.74) is 0. The molecular weight excluding hydrogens is 216 g/mol. The molecule has 0 spiro atoms. The van der Waals surface area contributed by atoms with Crippen LogP contribution in [0.25, 0.3) is 0 Å². The predicted octanol–water partition coefficient (Wildman–Crippen LogP) is 3.22. The van der Waals surface area contributed by atoms with Crippen molar-refractivity contribution in [3.05, 3.63) is 0 Å². The van der Waals surface area contributed by atoms with E-state index >= 15 is 0 Å². The Bertz CT molecular complexity index is 140. The van der Waals surface area contributed by atoms with Gasteiger partial charge in [0.1, 0.15) is 0 Å². The Morgan fingerprint density at radius 3 is 1.29 bits per heavy atom. The lowest BCUT2D eigenvalue weighted by atomic mass is 10.2. The van der Waals surface area contributed by atoms with Gasteiger partial charge in [0, 0.05) is 23.7 Å². The molecule has 0 aliphatic carbocycles. The average molecular weight is 238 g/mol. The van der Waals surface area contributed by atoms with Gasteiger partial charge in [0.15, 0.2) is 0 Å². The second-order valence-corrected chi connectivity index (χ2v) is 8.10. The Labute approximate surface area is 95.9 Å².